The average molecular weight is 208 g/mol. The lowest BCUT2D eigenvalue weighted by Gasteiger charge is -2.35. The molecule has 4 heteroatoms. The number of hydrogen-bond donors (Lipinski definition) is 1. The summed E-state index contributed by atoms with van der Waals surface area (Å²) in [5, 5.41) is 4.21. The van der Waals surface area contributed by atoms with E-state index in [1.807, 2.05) is 17.9 Å². The number of aryl methyl sites for hydroxylation is 1. The smallest absolute Gasteiger partial charge is 0.0549 e. The highest BCUT2D eigenvalue weighted by Crippen LogP contribution is 2.22. The molecule has 2 atom stereocenters. The Morgan fingerprint density at radius 1 is 1.60 bits per heavy atom. The van der Waals surface area contributed by atoms with Crippen molar-refractivity contribution in [1.29, 1.82) is 0 Å². The van der Waals surface area contributed by atoms with Gasteiger partial charge in [-0.2, -0.15) is 5.10 Å². The number of nitrogens with zero attached hydrogens (tertiary/aromatic N) is 3. The number of likely N-dealkylation sites (tertiary alicyclic amines) is 1. The van der Waals surface area contributed by atoms with Crippen molar-refractivity contribution in [3.8, 4) is 0 Å². The van der Waals surface area contributed by atoms with Crippen LogP contribution in [0.1, 0.15) is 31.5 Å². The number of rotatable bonds is 2. The fourth-order valence-electron chi connectivity index (χ4n) is 2.37. The van der Waals surface area contributed by atoms with E-state index in [1.54, 1.807) is 0 Å². The molecule has 1 aliphatic heterocycles. The maximum atomic E-state index is 5.99. The third-order valence-corrected chi connectivity index (χ3v) is 3.32. The number of aromatic nitrogens is 2. The van der Waals surface area contributed by atoms with E-state index < -0.39 is 0 Å². The molecule has 0 radical (unpaired) electrons. The fraction of sp³-hybridized carbons (Fsp3) is 0.727. The Bertz CT molecular complexity index is 320. The molecule has 2 unspecified atom stereocenters. The van der Waals surface area contributed by atoms with Crippen molar-refractivity contribution >= 4 is 0 Å². The van der Waals surface area contributed by atoms with Gasteiger partial charge >= 0.3 is 0 Å². The Kier molecular flexibility index (Phi) is 3.07. The summed E-state index contributed by atoms with van der Waals surface area (Å²) in [6, 6.07) is 2.85. The van der Waals surface area contributed by atoms with Gasteiger partial charge in [-0.15, -0.1) is 0 Å². The highest BCUT2D eigenvalue weighted by molar-refractivity contribution is 5.06. The van der Waals surface area contributed by atoms with Crippen LogP contribution in [0.25, 0.3) is 0 Å². The minimum absolute atomic E-state index is 0.342. The van der Waals surface area contributed by atoms with Gasteiger partial charge in [0.1, 0.15) is 0 Å². The molecule has 0 aliphatic carbocycles. The molecule has 1 aliphatic rings. The third kappa shape index (κ3) is 2.21. The van der Waals surface area contributed by atoms with Crippen LogP contribution in [0.3, 0.4) is 0 Å². The molecule has 4 nitrogen and oxygen atoms in total. The Labute approximate surface area is 91.1 Å². The second kappa shape index (κ2) is 4.33. The van der Waals surface area contributed by atoms with E-state index in [0.717, 1.165) is 19.5 Å². The molecule has 84 valence electrons. The summed E-state index contributed by atoms with van der Waals surface area (Å²) in [6.07, 6.45) is 4.23. The summed E-state index contributed by atoms with van der Waals surface area (Å²) < 4.78 is 1.95. The van der Waals surface area contributed by atoms with Crippen molar-refractivity contribution in [2.24, 2.45) is 12.8 Å². The minimum atomic E-state index is 0.342. The second-order valence-corrected chi connectivity index (χ2v) is 4.45. The van der Waals surface area contributed by atoms with Crippen molar-refractivity contribution in [2.75, 3.05) is 13.1 Å². The Morgan fingerprint density at radius 2 is 2.40 bits per heavy atom. The maximum Gasteiger partial charge on any atom is 0.0549 e. The summed E-state index contributed by atoms with van der Waals surface area (Å²) in [5.41, 5.74) is 7.26. The molecule has 2 N–H and O–H groups in total. The standard InChI is InChI=1S/C11H20N4/c1-9(11-5-6-13-14(11)2)15-7-3-4-10(12)8-15/h5-6,9-10H,3-4,7-8,12H2,1-2H3. The van der Waals surface area contributed by atoms with E-state index in [1.165, 1.54) is 12.1 Å². The first kappa shape index (κ1) is 10.6. The highest BCUT2D eigenvalue weighted by Gasteiger charge is 2.23. The first-order chi connectivity index (χ1) is 7.18. The van der Waals surface area contributed by atoms with Crippen molar-refractivity contribution in [3.63, 3.8) is 0 Å². The van der Waals surface area contributed by atoms with Crippen molar-refractivity contribution in [2.45, 2.75) is 31.8 Å². The van der Waals surface area contributed by atoms with Crippen LogP contribution in [-0.2, 0) is 7.05 Å². The molecular weight excluding hydrogens is 188 g/mol. The van der Waals surface area contributed by atoms with Gasteiger partial charge < -0.3 is 5.73 Å². The summed E-state index contributed by atoms with van der Waals surface area (Å²) in [5.74, 6) is 0. The minimum Gasteiger partial charge on any atom is -0.327 e. The van der Waals surface area contributed by atoms with E-state index in [2.05, 4.69) is 23.0 Å². The zero-order valence-corrected chi connectivity index (χ0v) is 9.56. The zero-order chi connectivity index (χ0) is 10.8. The largest absolute Gasteiger partial charge is 0.327 e. The van der Waals surface area contributed by atoms with Gasteiger partial charge in [0.25, 0.3) is 0 Å². The van der Waals surface area contributed by atoms with Crippen LogP contribution in [0.5, 0.6) is 0 Å². The number of nitrogens with two attached hydrogens (primary N) is 1. The van der Waals surface area contributed by atoms with Crippen LogP contribution in [-0.4, -0.2) is 33.8 Å². The Hall–Kier alpha value is -0.870. The first-order valence-corrected chi connectivity index (χ1v) is 5.66. The van der Waals surface area contributed by atoms with Gasteiger partial charge in [0.15, 0.2) is 0 Å². The number of piperidine rings is 1. The molecule has 1 saturated heterocycles. The van der Waals surface area contributed by atoms with Crippen molar-refractivity contribution in [3.05, 3.63) is 18.0 Å². The molecule has 0 saturated carbocycles. The van der Waals surface area contributed by atoms with Crippen molar-refractivity contribution < 1.29 is 0 Å². The molecule has 0 aromatic carbocycles. The van der Waals surface area contributed by atoms with Gasteiger partial charge in [0, 0.05) is 31.9 Å². The van der Waals surface area contributed by atoms with Gasteiger partial charge in [0.05, 0.1) is 5.69 Å². The predicted molar refractivity (Wildman–Crippen MR) is 60.4 cm³/mol. The Morgan fingerprint density at radius 3 is 3.00 bits per heavy atom. The molecule has 0 bridgehead atoms. The molecule has 0 spiro atoms. The third-order valence-electron chi connectivity index (χ3n) is 3.32. The molecule has 0 amide bonds. The van der Waals surface area contributed by atoms with Gasteiger partial charge in [0.2, 0.25) is 0 Å². The molecule has 1 aromatic rings. The molecule has 1 fully saturated rings. The molecule has 2 rings (SSSR count). The fourth-order valence-corrected chi connectivity index (χ4v) is 2.37. The molecular formula is C11H20N4. The first-order valence-electron chi connectivity index (χ1n) is 5.66. The van der Waals surface area contributed by atoms with Gasteiger partial charge in [-0.05, 0) is 32.4 Å². The van der Waals surface area contributed by atoms with E-state index in [9.17, 15) is 0 Å². The van der Waals surface area contributed by atoms with Crippen LogP contribution in [0.2, 0.25) is 0 Å². The van der Waals surface area contributed by atoms with E-state index in [4.69, 9.17) is 5.73 Å². The van der Waals surface area contributed by atoms with Crippen LogP contribution in [0, 0.1) is 0 Å². The normalized spacial score (nSPS) is 25.4. The van der Waals surface area contributed by atoms with E-state index in [0.29, 0.717) is 12.1 Å². The van der Waals surface area contributed by atoms with Crippen LogP contribution >= 0.6 is 0 Å². The summed E-state index contributed by atoms with van der Waals surface area (Å²) in [4.78, 5) is 2.45. The van der Waals surface area contributed by atoms with Gasteiger partial charge in [-0.1, -0.05) is 0 Å². The monoisotopic (exact) mass is 208 g/mol. The quantitative estimate of drug-likeness (QED) is 0.785. The lowest BCUT2D eigenvalue weighted by atomic mass is 10.0. The van der Waals surface area contributed by atoms with Crippen LogP contribution in [0.4, 0.5) is 0 Å². The van der Waals surface area contributed by atoms with E-state index in [-0.39, 0.29) is 0 Å². The Balaban J connectivity index is 2.07. The molecule has 1 aromatic heterocycles. The van der Waals surface area contributed by atoms with Crippen molar-refractivity contribution in [1.82, 2.24) is 14.7 Å². The lowest BCUT2D eigenvalue weighted by molar-refractivity contribution is 0.154. The SMILES string of the molecule is CC(c1ccnn1C)N1CCCC(N)C1. The molecule has 2 heterocycles. The van der Waals surface area contributed by atoms with Crippen LogP contribution < -0.4 is 5.73 Å². The second-order valence-electron chi connectivity index (χ2n) is 4.45. The topological polar surface area (TPSA) is 47.1 Å². The summed E-state index contributed by atoms with van der Waals surface area (Å²) in [7, 11) is 2.00. The highest BCUT2D eigenvalue weighted by atomic mass is 15.3. The zero-order valence-electron chi connectivity index (χ0n) is 9.56. The number of hydrogen-bond acceptors (Lipinski definition) is 3. The van der Waals surface area contributed by atoms with E-state index >= 15 is 0 Å². The average Bonchev–Trinajstić information content (AvgIpc) is 2.63. The predicted octanol–water partition coefficient (Wildman–Crippen LogP) is 0.904. The lowest BCUT2D eigenvalue weighted by Crippen LogP contribution is -2.44. The summed E-state index contributed by atoms with van der Waals surface area (Å²) in [6.45, 7) is 4.39. The van der Waals surface area contributed by atoms with Gasteiger partial charge in [-0.25, -0.2) is 0 Å². The summed E-state index contributed by atoms with van der Waals surface area (Å²) >= 11 is 0. The molecule has 15 heavy (non-hydrogen) atoms. The van der Waals surface area contributed by atoms with Gasteiger partial charge in [-0.3, -0.25) is 9.58 Å². The van der Waals surface area contributed by atoms with Crippen LogP contribution in [0.15, 0.2) is 12.3 Å². The maximum absolute atomic E-state index is 5.99.